The van der Waals surface area contributed by atoms with E-state index in [1.165, 1.54) is 0 Å². The van der Waals surface area contributed by atoms with Gasteiger partial charge in [0.2, 0.25) is 5.91 Å². The summed E-state index contributed by atoms with van der Waals surface area (Å²) in [4.78, 5) is 13.9. The average Bonchev–Trinajstić information content (AvgIpc) is 2.88. The third-order valence-electron chi connectivity index (χ3n) is 3.61. The molecule has 0 radical (unpaired) electrons. The fraction of sp³-hybridized carbons (Fsp3) is 0.923. The molecule has 112 valence electrons. The van der Waals surface area contributed by atoms with Gasteiger partial charge in [-0.05, 0) is 19.8 Å². The zero-order valence-electron chi connectivity index (χ0n) is 11.6. The lowest BCUT2D eigenvalue weighted by Gasteiger charge is -2.34. The molecular formula is C13H25ClN2O3. The lowest BCUT2D eigenvalue weighted by atomic mass is 10.2. The Labute approximate surface area is 121 Å². The standard InChI is InChI=1S/C13H24N2O3.ClH/c1-11-9-14-5-6-15(11)13(16)4-8-17-10-12-3-2-7-18-12;/h11-12,14H,2-10H2,1H3;1H. The Hall–Kier alpha value is -0.360. The van der Waals surface area contributed by atoms with Crippen molar-refractivity contribution in [1.82, 2.24) is 10.2 Å². The van der Waals surface area contributed by atoms with E-state index in [2.05, 4.69) is 12.2 Å². The van der Waals surface area contributed by atoms with Crippen molar-refractivity contribution in [2.75, 3.05) is 39.5 Å². The van der Waals surface area contributed by atoms with E-state index in [1.54, 1.807) is 0 Å². The number of carbonyl (C=O) groups is 1. The van der Waals surface area contributed by atoms with Crippen LogP contribution in [0.5, 0.6) is 0 Å². The maximum atomic E-state index is 12.0. The highest BCUT2D eigenvalue weighted by atomic mass is 35.5. The molecule has 2 atom stereocenters. The maximum Gasteiger partial charge on any atom is 0.225 e. The smallest absolute Gasteiger partial charge is 0.225 e. The van der Waals surface area contributed by atoms with Gasteiger partial charge in [0.1, 0.15) is 0 Å². The molecule has 0 saturated carbocycles. The van der Waals surface area contributed by atoms with Gasteiger partial charge in [0, 0.05) is 32.3 Å². The number of halogens is 1. The summed E-state index contributed by atoms with van der Waals surface area (Å²) in [6.07, 6.45) is 2.95. The van der Waals surface area contributed by atoms with E-state index >= 15 is 0 Å². The molecule has 6 heteroatoms. The van der Waals surface area contributed by atoms with Crippen LogP contribution >= 0.6 is 12.4 Å². The quantitative estimate of drug-likeness (QED) is 0.762. The van der Waals surface area contributed by atoms with Crippen LogP contribution in [-0.4, -0.2) is 62.4 Å². The minimum absolute atomic E-state index is 0. The van der Waals surface area contributed by atoms with Crippen molar-refractivity contribution in [3.05, 3.63) is 0 Å². The topological polar surface area (TPSA) is 50.8 Å². The van der Waals surface area contributed by atoms with Crippen LogP contribution in [0.1, 0.15) is 26.2 Å². The normalized spacial score (nSPS) is 27.1. The number of amides is 1. The Morgan fingerprint density at radius 3 is 3.05 bits per heavy atom. The van der Waals surface area contributed by atoms with Gasteiger partial charge in [0.05, 0.1) is 25.7 Å². The molecule has 19 heavy (non-hydrogen) atoms. The molecule has 0 spiro atoms. The Morgan fingerprint density at radius 2 is 2.37 bits per heavy atom. The Kier molecular flexibility index (Phi) is 7.68. The molecule has 2 aliphatic rings. The molecule has 5 nitrogen and oxygen atoms in total. The van der Waals surface area contributed by atoms with Crippen LogP contribution in [0.2, 0.25) is 0 Å². The number of piperazine rings is 1. The number of hydrogen-bond donors (Lipinski definition) is 1. The fourth-order valence-corrected chi connectivity index (χ4v) is 2.51. The minimum Gasteiger partial charge on any atom is -0.378 e. The monoisotopic (exact) mass is 292 g/mol. The van der Waals surface area contributed by atoms with Gasteiger partial charge in [0.15, 0.2) is 0 Å². The number of rotatable bonds is 5. The van der Waals surface area contributed by atoms with Crippen molar-refractivity contribution in [3.63, 3.8) is 0 Å². The maximum absolute atomic E-state index is 12.0. The number of nitrogens with one attached hydrogen (secondary N) is 1. The molecule has 0 aromatic heterocycles. The zero-order chi connectivity index (χ0) is 12.8. The number of ether oxygens (including phenoxy) is 2. The first kappa shape index (κ1) is 16.7. The molecule has 2 fully saturated rings. The minimum atomic E-state index is 0. The van der Waals surface area contributed by atoms with Gasteiger partial charge in [-0.15, -0.1) is 12.4 Å². The summed E-state index contributed by atoms with van der Waals surface area (Å²) in [5.74, 6) is 0.205. The Balaban J connectivity index is 0.00000180. The second-order valence-corrected chi connectivity index (χ2v) is 5.10. The molecule has 0 bridgehead atoms. The predicted octanol–water partition coefficient (Wildman–Crippen LogP) is 0.814. The summed E-state index contributed by atoms with van der Waals surface area (Å²) in [6, 6.07) is 0.296. The third-order valence-corrected chi connectivity index (χ3v) is 3.61. The van der Waals surface area contributed by atoms with E-state index in [9.17, 15) is 4.79 Å². The van der Waals surface area contributed by atoms with Crippen LogP contribution in [0.15, 0.2) is 0 Å². The predicted molar refractivity (Wildman–Crippen MR) is 75.7 cm³/mol. The molecule has 2 unspecified atom stereocenters. The highest BCUT2D eigenvalue weighted by Gasteiger charge is 2.22. The van der Waals surface area contributed by atoms with Crippen molar-refractivity contribution in [2.24, 2.45) is 0 Å². The number of hydrogen-bond acceptors (Lipinski definition) is 4. The third kappa shape index (κ3) is 5.26. The van der Waals surface area contributed by atoms with Crippen LogP contribution < -0.4 is 5.32 Å². The molecule has 2 heterocycles. The molecule has 0 aliphatic carbocycles. The second-order valence-electron chi connectivity index (χ2n) is 5.10. The molecule has 1 N–H and O–H groups in total. The summed E-state index contributed by atoms with van der Waals surface area (Å²) in [5.41, 5.74) is 0. The van der Waals surface area contributed by atoms with Crippen LogP contribution in [0, 0.1) is 0 Å². The SMILES string of the molecule is CC1CNCCN1C(=O)CCOCC1CCCO1.Cl. The molecule has 2 rings (SSSR count). The van der Waals surface area contributed by atoms with Crippen LogP contribution in [0.25, 0.3) is 0 Å². The fourth-order valence-electron chi connectivity index (χ4n) is 2.51. The van der Waals surface area contributed by atoms with Gasteiger partial charge in [-0.3, -0.25) is 4.79 Å². The van der Waals surface area contributed by atoms with E-state index in [0.29, 0.717) is 25.7 Å². The van der Waals surface area contributed by atoms with Gasteiger partial charge in [0.25, 0.3) is 0 Å². The molecule has 0 aromatic carbocycles. The lowest BCUT2D eigenvalue weighted by molar-refractivity contribution is -0.135. The van der Waals surface area contributed by atoms with Gasteiger partial charge in [-0.1, -0.05) is 0 Å². The summed E-state index contributed by atoms with van der Waals surface area (Å²) in [6.45, 7) is 6.67. The van der Waals surface area contributed by atoms with Crippen LogP contribution in [0.4, 0.5) is 0 Å². The average molecular weight is 293 g/mol. The van der Waals surface area contributed by atoms with Crippen molar-refractivity contribution < 1.29 is 14.3 Å². The number of nitrogens with zero attached hydrogens (tertiary/aromatic N) is 1. The summed E-state index contributed by atoms with van der Waals surface area (Å²) < 4.78 is 11.0. The van der Waals surface area contributed by atoms with E-state index < -0.39 is 0 Å². The van der Waals surface area contributed by atoms with Gasteiger partial charge >= 0.3 is 0 Å². The zero-order valence-corrected chi connectivity index (χ0v) is 12.4. The number of carbonyl (C=O) groups excluding carboxylic acids is 1. The first-order valence-electron chi connectivity index (χ1n) is 6.97. The van der Waals surface area contributed by atoms with E-state index in [4.69, 9.17) is 9.47 Å². The highest BCUT2D eigenvalue weighted by molar-refractivity contribution is 5.85. The summed E-state index contributed by atoms with van der Waals surface area (Å²) in [5, 5.41) is 3.28. The first-order chi connectivity index (χ1) is 8.77. The van der Waals surface area contributed by atoms with E-state index in [1.807, 2.05) is 4.90 Å². The van der Waals surface area contributed by atoms with Crippen molar-refractivity contribution in [3.8, 4) is 0 Å². The summed E-state index contributed by atoms with van der Waals surface area (Å²) >= 11 is 0. The van der Waals surface area contributed by atoms with E-state index in [0.717, 1.165) is 39.1 Å². The van der Waals surface area contributed by atoms with Crippen molar-refractivity contribution >= 4 is 18.3 Å². The molecule has 1 amide bonds. The van der Waals surface area contributed by atoms with Gasteiger partial charge in [-0.2, -0.15) is 0 Å². The van der Waals surface area contributed by atoms with E-state index in [-0.39, 0.29) is 24.4 Å². The van der Waals surface area contributed by atoms with Crippen molar-refractivity contribution in [1.29, 1.82) is 0 Å². The second kappa shape index (κ2) is 8.74. The highest BCUT2D eigenvalue weighted by Crippen LogP contribution is 2.12. The van der Waals surface area contributed by atoms with Gasteiger partial charge in [-0.25, -0.2) is 0 Å². The molecule has 0 aromatic rings. The summed E-state index contributed by atoms with van der Waals surface area (Å²) in [7, 11) is 0. The Bertz CT molecular complexity index is 273. The molecular weight excluding hydrogens is 268 g/mol. The Morgan fingerprint density at radius 1 is 1.53 bits per heavy atom. The van der Waals surface area contributed by atoms with Gasteiger partial charge < -0.3 is 19.7 Å². The lowest BCUT2D eigenvalue weighted by Crippen LogP contribution is -2.52. The largest absolute Gasteiger partial charge is 0.378 e. The van der Waals surface area contributed by atoms with Crippen LogP contribution in [0.3, 0.4) is 0 Å². The first-order valence-corrected chi connectivity index (χ1v) is 6.97. The van der Waals surface area contributed by atoms with Crippen molar-refractivity contribution in [2.45, 2.75) is 38.3 Å². The van der Waals surface area contributed by atoms with Crippen LogP contribution in [-0.2, 0) is 14.3 Å². The molecule has 2 aliphatic heterocycles. The molecule has 2 saturated heterocycles.